The smallest absolute Gasteiger partial charge is 0.303 e. The van der Waals surface area contributed by atoms with E-state index in [1.54, 1.807) is 32.0 Å². The molecule has 1 aromatic rings. The summed E-state index contributed by atoms with van der Waals surface area (Å²) in [6.45, 7) is 3.55. The van der Waals surface area contributed by atoms with Crippen LogP contribution in [-0.2, 0) is 9.59 Å². The van der Waals surface area contributed by atoms with E-state index < -0.39 is 5.97 Å². The highest BCUT2D eigenvalue weighted by molar-refractivity contribution is 5.77. The summed E-state index contributed by atoms with van der Waals surface area (Å²) in [5.41, 5.74) is 0.515. The van der Waals surface area contributed by atoms with Crippen molar-refractivity contribution in [1.82, 2.24) is 5.32 Å². The van der Waals surface area contributed by atoms with E-state index in [-0.39, 0.29) is 36.5 Å². The number of carbonyl (C=O) groups is 2. The molecule has 0 bridgehead atoms. The van der Waals surface area contributed by atoms with E-state index in [0.717, 1.165) is 0 Å². The minimum Gasteiger partial charge on any atom is -0.481 e. The van der Waals surface area contributed by atoms with Crippen LogP contribution >= 0.6 is 0 Å². The van der Waals surface area contributed by atoms with Gasteiger partial charge < -0.3 is 10.4 Å². The van der Waals surface area contributed by atoms with Crippen molar-refractivity contribution < 1.29 is 19.1 Å². The van der Waals surface area contributed by atoms with E-state index in [1.807, 2.05) is 0 Å². The number of nitrogens with one attached hydrogen (secondary N) is 1. The zero-order valence-electron chi connectivity index (χ0n) is 11.7. The first kappa shape index (κ1) is 16.1. The maximum absolute atomic E-state index is 13.6. The number of hydrogen-bond acceptors (Lipinski definition) is 2. The van der Waals surface area contributed by atoms with Gasteiger partial charge in [-0.25, -0.2) is 4.39 Å². The zero-order valence-corrected chi connectivity index (χ0v) is 11.7. The molecule has 1 aromatic carbocycles. The molecule has 0 radical (unpaired) electrons. The molecule has 2 N–H and O–H groups in total. The van der Waals surface area contributed by atoms with Crippen molar-refractivity contribution in [2.75, 3.05) is 0 Å². The first-order chi connectivity index (χ1) is 9.40. The molecule has 0 aromatic heterocycles. The van der Waals surface area contributed by atoms with Gasteiger partial charge >= 0.3 is 5.97 Å². The van der Waals surface area contributed by atoms with Crippen molar-refractivity contribution in [1.29, 1.82) is 0 Å². The van der Waals surface area contributed by atoms with Gasteiger partial charge in [-0.3, -0.25) is 9.59 Å². The van der Waals surface area contributed by atoms with Crippen molar-refractivity contribution in [3.05, 3.63) is 35.6 Å². The third-order valence-electron chi connectivity index (χ3n) is 3.13. The van der Waals surface area contributed by atoms with Gasteiger partial charge in [-0.15, -0.1) is 0 Å². The first-order valence-electron chi connectivity index (χ1n) is 6.65. The molecular weight excluding hydrogens is 261 g/mol. The van der Waals surface area contributed by atoms with Gasteiger partial charge in [0.25, 0.3) is 0 Å². The Balaban J connectivity index is 2.46. The van der Waals surface area contributed by atoms with Gasteiger partial charge in [0.05, 0.1) is 0 Å². The highest BCUT2D eigenvalue weighted by Crippen LogP contribution is 2.21. The first-order valence-corrected chi connectivity index (χ1v) is 6.65. The number of amides is 1. The number of rotatable bonds is 7. The predicted molar refractivity (Wildman–Crippen MR) is 73.9 cm³/mol. The Bertz CT molecular complexity index is 476. The van der Waals surface area contributed by atoms with Crippen LogP contribution in [0.15, 0.2) is 24.3 Å². The fourth-order valence-corrected chi connectivity index (χ4v) is 2.01. The second-order valence-corrected chi connectivity index (χ2v) is 5.03. The molecule has 0 saturated heterocycles. The Kier molecular flexibility index (Phi) is 6.15. The molecular formula is C15H20FNO3. The van der Waals surface area contributed by atoms with Crippen molar-refractivity contribution in [2.24, 2.45) is 0 Å². The number of aliphatic carboxylic acids is 1. The third-order valence-corrected chi connectivity index (χ3v) is 3.13. The minimum absolute atomic E-state index is 0.0182. The molecule has 110 valence electrons. The third kappa shape index (κ3) is 5.38. The Morgan fingerprint density at radius 3 is 2.55 bits per heavy atom. The van der Waals surface area contributed by atoms with Crippen LogP contribution in [-0.4, -0.2) is 23.0 Å². The molecule has 0 aliphatic carbocycles. The van der Waals surface area contributed by atoms with E-state index in [0.29, 0.717) is 12.0 Å². The largest absolute Gasteiger partial charge is 0.481 e. The van der Waals surface area contributed by atoms with E-state index in [9.17, 15) is 14.0 Å². The fraction of sp³-hybridized carbons (Fsp3) is 0.467. The second-order valence-electron chi connectivity index (χ2n) is 5.03. The summed E-state index contributed by atoms with van der Waals surface area (Å²) in [5.74, 6) is -1.61. The van der Waals surface area contributed by atoms with Crippen molar-refractivity contribution in [3.63, 3.8) is 0 Å². The van der Waals surface area contributed by atoms with E-state index in [2.05, 4.69) is 5.32 Å². The lowest BCUT2D eigenvalue weighted by atomic mass is 9.97. The van der Waals surface area contributed by atoms with E-state index in [4.69, 9.17) is 5.11 Å². The molecule has 0 aliphatic heterocycles. The Hall–Kier alpha value is -1.91. The molecule has 20 heavy (non-hydrogen) atoms. The van der Waals surface area contributed by atoms with Gasteiger partial charge in [-0.1, -0.05) is 25.1 Å². The molecule has 1 amide bonds. The summed E-state index contributed by atoms with van der Waals surface area (Å²) >= 11 is 0. The summed E-state index contributed by atoms with van der Waals surface area (Å²) in [4.78, 5) is 22.2. The van der Waals surface area contributed by atoms with Gasteiger partial charge in [-0.2, -0.15) is 0 Å². The number of halogens is 1. The SMILES string of the molecule is CC(CCC(=O)O)NC(=O)CC(C)c1ccccc1F. The highest BCUT2D eigenvalue weighted by atomic mass is 19.1. The van der Waals surface area contributed by atoms with Crippen LogP contribution in [0.2, 0.25) is 0 Å². The van der Waals surface area contributed by atoms with Gasteiger partial charge in [0.15, 0.2) is 0 Å². The molecule has 0 fully saturated rings. The Morgan fingerprint density at radius 2 is 1.95 bits per heavy atom. The van der Waals surface area contributed by atoms with Crippen molar-refractivity contribution >= 4 is 11.9 Å². The monoisotopic (exact) mass is 281 g/mol. The number of carbonyl (C=O) groups excluding carboxylic acids is 1. The number of hydrogen-bond donors (Lipinski definition) is 2. The van der Waals surface area contributed by atoms with Crippen molar-refractivity contribution in [2.45, 2.75) is 45.1 Å². The maximum Gasteiger partial charge on any atom is 0.303 e. The topological polar surface area (TPSA) is 66.4 Å². The lowest BCUT2D eigenvalue weighted by Gasteiger charge is -2.16. The quantitative estimate of drug-likeness (QED) is 0.807. The van der Waals surface area contributed by atoms with Crippen LogP contribution < -0.4 is 5.32 Å². The highest BCUT2D eigenvalue weighted by Gasteiger charge is 2.16. The van der Waals surface area contributed by atoms with Crippen LogP contribution in [0.5, 0.6) is 0 Å². The maximum atomic E-state index is 13.6. The summed E-state index contributed by atoms with van der Waals surface area (Å²) in [6.07, 6.45) is 0.581. The lowest BCUT2D eigenvalue weighted by Crippen LogP contribution is -2.33. The van der Waals surface area contributed by atoms with Crippen LogP contribution in [0, 0.1) is 5.82 Å². The Morgan fingerprint density at radius 1 is 1.30 bits per heavy atom. The fourth-order valence-electron chi connectivity index (χ4n) is 2.01. The van der Waals surface area contributed by atoms with Gasteiger partial charge in [0.1, 0.15) is 5.82 Å². The van der Waals surface area contributed by atoms with Gasteiger partial charge in [0.2, 0.25) is 5.91 Å². The number of benzene rings is 1. The van der Waals surface area contributed by atoms with Crippen LogP contribution in [0.3, 0.4) is 0 Å². The summed E-state index contributed by atoms with van der Waals surface area (Å²) in [5, 5.41) is 11.3. The molecule has 0 spiro atoms. The standard InChI is InChI=1S/C15H20FNO3/c1-10(12-5-3-4-6-13(12)16)9-14(18)17-11(2)7-8-15(19)20/h3-6,10-11H,7-9H2,1-2H3,(H,17,18)(H,19,20). The molecule has 2 atom stereocenters. The van der Waals surface area contributed by atoms with Gasteiger partial charge in [0, 0.05) is 18.9 Å². The molecule has 0 heterocycles. The normalized spacial score (nSPS) is 13.6. The van der Waals surface area contributed by atoms with Crippen LogP contribution in [0.1, 0.15) is 44.6 Å². The average molecular weight is 281 g/mol. The molecule has 5 heteroatoms. The van der Waals surface area contributed by atoms with E-state index >= 15 is 0 Å². The van der Waals surface area contributed by atoms with Crippen LogP contribution in [0.25, 0.3) is 0 Å². The van der Waals surface area contributed by atoms with Gasteiger partial charge in [-0.05, 0) is 30.9 Å². The number of carboxylic acid groups (broad SMARTS) is 1. The molecule has 0 saturated carbocycles. The molecule has 0 aliphatic rings. The molecule has 1 rings (SSSR count). The zero-order chi connectivity index (χ0) is 15.1. The molecule has 2 unspecified atom stereocenters. The minimum atomic E-state index is -0.883. The Labute approximate surface area is 118 Å². The lowest BCUT2D eigenvalue weighted by molar-refractivity contribution is -0.137. The predicted octanol–water partition coefficient (Wildman–Crippen LogP) is 2.69. The number of carboxylic acids is 1. The average Bonchev–Trinajstić information content (AvgIpc) is 2.36. The summed E-state index contributed by atoms with van der Waals surface area (Å²) in [6, 6.07) is 6.19. The molecule has 4 nitrogen and oxygen atoms in total. The van der Waals surface area contributed by atoms with E-state index in [1.165, 1.54) is 6.07 Å². The summed E-state index contributed by atoms with van der Waals surface area (Å²) in [7, 11) is 0. The van der Waals surface area contributed by atoms with Crippen LogP contribution in [0.4, 0.5) is 4.39 Å². The summed E-state index contributed by atoms with van der Waals surface area (Å²) < 4.78 is 13.6. The second kappa shape index (κ2) is 7.62. The van der Waals surface area contributed by atoms with Crippen molar-refractivity contribution in [3.8, 4) is 0 Å².